The number of ether oxygens (including phenoxy) is 2. The Morgan fingerprint density at radius 3 is 2.83 bits per heavy atom. The number of likely N-dealkylation sites (tertiary alicyclic amines) is 1. The molecule has 1 unspecified atom stereocenters. The average molecular weight is 411 g/mol. The van der Waals surface area contributed by atoms with Gasteiger partial charge >= 0.3 is 0 Å². The average Bonchev–Trinajstić information content (AvgIpc) is 3.43. The molecule has 0 N–H and O–H groups in total. The minimum Gasteiger partial charge on any atom is -0.494 e. The molecule has 2 heterocycles. The molecule has 1 aromatic heterocycles. The normalized spacial score (nSPS) is 16.1. The summed E-state index contributed by atoms with van der Waals surface area (Å²) in [6, 6.07) is 13.7. The van der Waals surface area contributed by atoms with Crippen LogP contribution in [0.5, 0.6) is 5.75 Å². The van der Waals surface area contributed by atoms with Crippen molar-refractivity contribution in [2.24, 2.45) is 0 Å². The van der Waals surface area contributed by atoms with Gasteiger partial charge in [0.25, 0.3) is 11.8 Å². The van der Waals surface area contributed by atoms with E-state index in [2.05, 4.69) is 10.1 Å². The SMILES string of the molecule is COc1ccc(C(=O)N2CCCC2c2noc(COCc3ccccc3)n2)cc1F. The van der Waals surface area contributed by atoms with Gasteiger partial charge in [-0.3, -0.25) is 4.79 Å². The smallest absolute Gasteiger partial charge is 0.254 e. The van der Waals surface area contributed by atoms with Crippen LogP contribution in [-0.4, -0.2) is 34.6 Å². The van der Waals surface area contributed by atoms with E-state index in [0.29, 0.717) is 31.3 Å². The molecule has 0 spiro atoms. The van der Waals surface area contributed by atoms with Crippen LogP contribution in [0, 0.1) is 5.82 Å². The lowest BCUT2D eigenvalue weighted by atomic mass is 10.1. The first kappa shape index (κ1) is 20.0. The molecule has 4 rings (SSSR count). The van der Waals surface area contributed by atoms with Gasteiger partial charge in [0.2, 0.25) is 0 Å². The fourth-order valence-corrected chi connectivity index (χ4v) is 3.54. The highest BCUT2D eigenvalue weighted by molar-refractivity contribution is 5.94. The van der Waals surface area contributed by atoms with Crippen LogP contribution < -0.4 is 4.74 Å². The monoisotopic (exact) mass is 411 g/mol. The van der Waals surface area contributed by atoms with E-state index in [4.69, 9.17) is 14.0 Å². The van der Waals surface area contributed by atoms with Crippen LogP contribution in [0.1, 0.15) is 46.5 Å². The quantitative estimate of drug-likeness (QED) is 0.587. The van der Waals surface area contributed by atoms with Crippen molar-refractivity contribution in [1.29, 1.82) is 0 Å². The van der Waals surface area contributed by atoms with Crippen LogP contribution in [0.25, 0.3) is 0 Å². The summed E-state index contributed by atoms with van der Waals surface area (Å²) < 4.78 is 29.9. The number of hydrogen-bond donors (Lipinski definition) is 0. The predicted molar refractivity (Wildman–Crippen MR) is 105 cm³/mol. The number of benzene rings is 2. The zero-order valence-corrected chi connectivity index (χ0v) is 16.6. The molecule has 1 amide bonds. The number of methoxy groups -OCH3 is 1. The third-order valence-corrected chi connectivity index (χ3v) is 5.03. The molecule has 0 radical (unpaired) electrons. The zero-order chi connectivity index (χ0) is 20.9. The second-order valence-electron chi connectivity index (χ2n) is 7.03. The second kappa shape index (κ2) is 9.04. The van der Waals surface area contributed by atoms with Crippen molar-refractivity contribution in [2.45, 2.75) is 32.1 Å². The maximum Gasteiger partial charge on any atom is 0.254 e. The molecule has 3 aromatic rings. The Kier molecular flexibility index (Phi) is 6.04. The number of carbonyl (C=O) groups excluding carboxylic acids is 1. The highest BCUT2D eigenvalue weighted by atomic mass is 19.1. The van der Waals surface area contributed by atoms with E-state index < -0.39 is 5.82 Å². The molecule has 2 aromatic carbocycles. The Balaban J connectivity index is 1.41. The first-order valence-electron chi connectivity index (χ1n) is 9.74. The molecular formula is C22H22FN3O4. The van der Waals surface area contributed by atoms with Crippen LogP contribution in [0.3, 0.4) is 0 Å². The predicted octanol–water partition coefficient (Wildman–Crippen LogP) is 3.91. The van der Waals surface area contributed by atoms with E-state index in [1.165, 1.54) is 19.2 Å². The van der Waals surface area contributed by atoms with Gasteiger partial charge in [0.1, 0.15) is 6.61 Å². The maximum absolute atomic E-state index is 14.0. The molecule has 1 fully saturated rings. The summed E-state index contributed by atoms with van der Waals surface area (Å²) in [7, 11) is 1.38. The van der Waals surface area contributed by atoms with E-state index >= 15 is 0 Å². The van der Waals surface area contributed by atoms with Crippen molar-refractivity contribution in [2.75, 3.05) is 13.7 Å². The van der Waals surface area contributed by atoms with Gasteiger partial charge in [0.05, 0.1) is 19.8 Å². The first-order chi connectivity index (χ1) is 14.7. The first-order valence-corrected chi connectivity index (χ1v) is 9.74. The molecule has 1 atom stereocenters. The molecule has 8 heteroatoms. The van der Waals surface area contributed by atoms with Gasteiger partial charge in [0.15, 0.2) is 17.4 Å². The van der Waals surface area contributed by atoms with Gasteiger partial charge in [-0.2, -0.15) is 4.98 Å². The molecular weight excluding hydrogens is 389 g/mol. The summed E-state index contributed by atoms with van der Waals surface area (Å²) in [6.45, 7) is 1.17. The van der Waals surface area contributed by atoms with E-state index in [9.17, 15) is 9.18 Å². The maximum atomic E-state index is 14.0. The molecule has 0 saturated carbocycles. The molecule has 1 aliphatic rings. The number of halogens is 1. The van der Waals surface area contributed by atoms with Crippen molar-refractivity contribution in [3.63, 3.8) is 0 Å². The van der Waals surface area contributed by atoms with Gasteiger partial charge in [-0.1, -0.05) is 35.5 Å². The molecule has 156 valence electrons. The lowest BCUT2D eigenvalue weighted by molar-refractivity contribution is 0.0727. The lowest BCUT2D eigenvalue weighted by Gasteiger charge is -2.22. The largest absolute Gasteiger partial charge is 0.494 e. The third-order valence-electron chi connectivity index (χ3n) is 5.03. The van der Waals surface area contributed by atoms with E-state index in [1.54, 1.807) is 11.0 Å². The minimum absolute atomic E-state index is 0.0998. The van der Waals surface area contributed by atoms with Crippen LogP contribution in [0.2, 0.25) is 0 Å². The summed E-state index contributed by atoms with van der Waals surface area (Å²) in [4.78, 5) is 19.0. The Morgan fingerprint density at radius 1 is 1.23 bits per heavy atom. The third kappa shape index (κ3) is 4.33. The van der Waals surface area contributed by atoms with Gasteiger partial charge in [-0.25, -0.2) is 4.39 Å². The van der Waals surface area contributed by atoms with Crippen molar-refractivity contribution < 1.29 is 23.2 Å². The van der Waals surface area contributed by atoms with Crippen molar-refractivity contribution in [3.05, 3.63) is 77.2 Å². The van der Waals surface area contributed by atoms with E-state index in [-0.39, 0.29) is 29.9 Å². The fraction of sp³-hybridized carbons (Fsp3) is 0.318. The number of amides is 1. The van der Waals surface area contributed by atoms with Gasteiger partial charge < -0.3 is 18.9 Å². The lowest BCUT2D eigenvalue weighted by Crippen LogP contribution is -2.31. The molecule has 0 aliphatic carbocycles. The van der Waals surface area contributed by atoms with Crippen molar-refractivity contribution in [1.82, 2.24) is 15.0 Å². The standard InChI is InChI=1S/C22H22FN3O4/c1-28-19-10-9-16(12-17(19)23)22(27)26-11-5-8-18(26)21-24-20(30-25-21)14-29-13-15-6-3-2-4-7-15/h2-4,6-7,9-10,12,18H,5,8,11,13-14H2,1H3. The highest BCUT2D eigenvalue weighted by Gasteiger charge is 2.34. The van der Waals surface area contributed by atoms with E-state index in [1.807, 2.05) is 30.3 Å². The topological polar surface area (TPSA) is 77.7 Å². The Morgan fingerprint density at radius 2 is 2.07 bits per heavy atom. The van der Waals surface area contributed by atoms with Crippen LogP contribution in [0.15, 0.2) is 53.1 Å². The van der Waals surface area contributed by atoms with Crippen LogP contribution in [-0.2, 0) is 18.0 Å². The second-order valence-corrected chi connectivity index (χ2v) is 7.03. The summed E-state index contributed by atoms with van der Waals surface area (Å²) in [6.07, 6.45) is 1.53. The number of aromatic nitrogens is 2. The molecule has 0 bridgehead atoms. The number of rotatable bonds is 7. The van der Waals surface area contributed by atoms with Crippen molar-refractivity contribution >= 4 is 5.91 Å². The number of carbonyl (C=O) groups is 1. The Bertz CT molecular complexity index is 1010. The highest BCUT2D eigenvalue weighted by Crippen LogP contribution is 2.32. The minimum atomic E-state index is -0.573. The van der Waals surface area contributed by atoms with Crippen molar-refractivity contribution in [3.8, 4) is 5.75 Å². The van der Waals surface area contributed by atoms with Crippen LogP contribution in [0.4, 0.5) is 4.39 Å². The van der Waals surface area contributed by atoms with Gasteiger partial charge in [-0.05, 0) is 36.6 Å². The van der Waals surface area contributed by atoms with Gasteiger partial charge in [0, 0.05) is 12.1 Å². The number of hydrogen-bond acceptors (Lipinski definition) is 6. The Hall–Kier alpha value is -3.26. The van der Waals surface area contributed by atoms with Crippen LogP contribution >= 0.6 is 0 Å². The number of nitrogens with zero attached hydrogens (tertiary/aromatic N) is 3. The van der Waals surface area contributed by atoms with E-state index in [0.717, 1.165) is 12.0 Å². The Labute approximate surface area is 173 Å². The fourth-order valence-electron chi connectivity index (χ4n) is 3.54. The molecule has 1 saturated heterocycles. The summed E-state index contributed by atoms with van der Waals surface area (Å²) in [5.41, 5.74) is 1.31. The van der Waals surface area contributed by atoms with Gasteiger partial charge in [-0.15, -0.1) is 0 Å². The molecule has 7 nitrogen and oxygen atoms in total. The summed E-state index contributed by atoms with van der Waals surface area (Å²) in [5.74, 6) is 0.0499. The molecule has 1 aliphatic heterocycles. The zero-order valence-electron chi connectivity index (χ0n) is 16.6. The molecule has 30 heavy (non-hydrogen) atoms. The summed E-state index contributed by atoms with van der Waals surface area (Å²) in [5, 5.41) is 4.04. The summed E-state index contributed by atoms with van der Waals surface area (Å²) >= 11 is 0.